The molecule has 0 saturated carbocycles. The summed E-state index contributed by atoms with van der Waals surface area (Å²) in [5, 5.41) is 11.2. The highest BCUT2D eigenvalue weighted by atomic mass is 16.5. The maximum Gasteiger partial charge on any atom is 0.295 e. The first-order chi connectivity index (χ1) is 15.9. The average Bonchev–Trinajstić information content (AvgIpc) is 3.08. The summed E-state index contributed by atoms with van der Waals surface area (Å²) in [5.41, 5.74) is 3.31. The van der Waals surface area contributed by atoms with Gasteiger partial charge in [-0.25, -0.2) is 0 Å². The molecule has 1 atom stereocenters. The minimum Gasteiger partial charge on any atom is -0.507 e. The Labute approximate surface area is 194 Å². The van der Waals surface area contributed by atoms with E-state index < -0.39 is 17.7 Å². The second-order valence-electron chi connectivity index (χ2n) is 8.54. The molecule has 0 unspecified atom stereocenters. The Balaban J connectivity index is 1.74. The van der Waals surface area contributed by atoms with Gasteiger partial charge in [0.25, 0.3) is 11.7 Å². The standard InChI is InChI=1S/C26H30N2O5/c1-17-4-6-19(7-5-17)23-22(24(29)20-8-9-21(32-3)18(2)16-20)25(30)26(31)28(23)11-10-27-12-14-33-15-13-27/h4-9,16,23,29H,10-15H2,1-3H3/t23-/m0/s1. The lowest BCUT2D eigenvalue weighted by Gasteiger charge is -2.31. The summed E-state index contributed by atoms with van der Waals surface area (Å²) in [4.78, 5) is 30.1. The Morgan fingerprint density at radius 3 is 2.39 bits per heavy atom. The van der Waals surface area contributed by atoms with E-state index in [-0.39, 0.29) is 11.3 Å². The second kappa shape index (κ2) is 9.77. The van der Waals surface area contributed by atoms with E-state index in [0.717, 1.165) is 29.8 Å². The summed E-state index contributed by atoms with van der Waals surface area (Å²) in [5.74, 6) is -0.722. The number of hydrogen-bond acceptors (Lipinski definition) is 6. The number of rotatable bonds is 6. The third-order valence-electron chi connectivity index (χ3n) is 6.36. The number of Topliss-reactive ketones (excluding diaryl/α,β-unsaturated/α-hetero) is 1. The molecule has 2 aliphatic heterocycles. The zero-order valence-corrected chi connectivity index (χ0v) is 19.3. The molecule has 2 heterocycles. The fourth-order valence-corrected chi connectivity index (χ4v) is 4.46. The molecule has 2 saturated heterocycles. The van der Waals surface area contributed by atoms with Crippen molar-refractivity contribution in [2.24, 2.45) is 0 Å². The Kier molecular flexibility index (Phi) is 6.81. The molecular weight excluding hydrogens is 420 g/mol. The van der Waals surface area contributed by atoms with E-state index in [9.17, 15) is 14.7 Å². The lowest BCUT2D eigenvalue weighted by atomic mass is 9.94. The number of hydrogen-bond donors (Lipinski definition) is 1. The Bertz CT molecular complexity index is 1070. The van der Waals surface area contributed by atoms with Gasteiger partial charge in [0, 0.05) is 31.7 Å². The predicted molar refractivity (Wildman–Crippen MR) is 125 cm³/mol. The monoisotopic (exact) mass is 450 g/mol. The molecule has 7 heteroatoms. The van der Waals surface area contributed by atoms with Crippen LogP contribution in [0, 0.1) is 13.8 Å². The smallest absolute Gasteiger partial charge is 0.295 e. The number of aliphatic hydroxyl groups excluding tert-OH is 1. The molecule has 0 spiro atoms. The number of morpholine rings is 1. The van der Waals surface area contributed by atoms with E-state index in [1.807, 2.05) is 38.1 Å². The van der Waals surface area contributed by atoms with Crippen molar-refractivity contribution < 1.29 is 24.2 Å². The van der Waals surface area contributed by atoms with Gasteiger partial charge in [-0.05, 0) is 43.2 Å². The fraction of sp³-hybridized carbons (Fsp3) is 0.385. The van der Waals surface area contributed by atoms with E-state index in [0.29, 0.717) is 37.6 Å². The molecule has 2 aromatic rings. The number of amides is 1. The second-order valence-corrected chi connectivity index (χ2v) is 8.54. The van der Waals surface area contributed by atoms with E-state index in [1.165, 1.54) is 0 Å². The highest BCUT2D eigenvalue weighted by Gasteiger charge is 2.46. The lowest BCUT2D eigenvalue weighted by Crippen LogP contribution is -2.42. The molecule has 4 rings (SSSR count). The lowest BCUT2D eigenvalue weighted by molar-refractivity contribution is -0.140. The maximum absolute atomic E-state index is 13.2. The number of carbonyl (C=O) groups excluding carboxylic acids is 2. The molecule has 0 radical (unpaired) electrons. The number of nitrogens with zero attached hydrogens (tertiary/aromatic N) is 2. The van der Waals surface area contributed by atoms with Gasteiger partial charge in [0.1, 0.15) is 11.5 Å². The van der Waals surface area contributed by atoms with Crippen LogP contribution in [-0.2, 0) is 14.3 Å². The van der Waals surface area contributed by atoms with Crippen LogP contribution in [0.3, 0.4) is 0 Å². The zero-order valence-electron chi connectivity index (χ0n) is 19.3. The molecule has 0 bridgehead atoms. The zero-order chi connectivity index (χ0) is 23.5. The average molecular weight is 451 g/mol. The predicted octanol–water partition coefficient (Wildman–Crippen LogP) is 3.07. The SMILES string of the molecule is COc1ccc(C(O)=C2C(=O)C(=O)N(CCN3CCOCC3)[C@H]2c2ccc(C)cc2)cc1C. The van der Waals surface area contributed by atoms with E-state index in [4.69, 9.17) is 9.47 Å². The third-order valence-corrected chi connectivity index (χ3v) is 6.36. The van der Waals surface area contributed by atoms with Crippen molar-refractivity contribution >= 4 is 17.4 Å². The number of ketones is 1. The van der Waals surface area contributed by atoms with Gasteiger partial charge in [0.05, 0.1) is 31.9 Å². The normalized spacial score (nSPS) is 20.9. The molecule has 0 aliphatic carbocycles. The fourth-order valence-electron chi connectivity index (χ4n) is 4.46. The summed E-state index contributed by atoms with van der Waals surface area (Å²) < 4.78 is 10.7. The topological polar surface area (TPSA) is 79.3 Å². The van der Waals surface area contributed by atoms with Crippen molar-refractivity contribution in [3.63, 3.8) is 0 Å². The number of ether oxygens (including phenoxy) is 2. The van der Waals surface area contributed by atoms with Gasteiger partial charge >= 0.3 is 0 Å². The summed E-state index contributed by atoms with van der Waals surface area (Å²) in [6.45, 7) is 7.80. The van der Waals surface area contributed by atoms with Crippen LogP contribution in [0.15, 0.2) is 48.0 Å². The molecule has 2 aromatic carbocycles. The van der Waals surface area contributed by atoms with Crippen molar-refractivity contribution in [3.05, 3.63) is 70.3 Å². The van der Waals surface area contributed by atoms with E-state index in [1.54, 1.807) is 30.2 Å². The molecule has 2 fully saturated rings. The molecule has 2 aliphatic rings. The molecule has 1 N–H and O–H groups in total. The van der Waals surface area contributed by atoms with Crippen molar-refractivity contribution in [3.8, 4) is 5.75 Å². The van der Waals surface area contributed by atoms with Crippen LogP contribution in [0.5, 0.6) is 5.75 Å². The number of aryl methyl sites for hydroxylation is 2. The van der Waals surface area contributed by atoms with Crippen LogP contribution in [0.1, 0.15) is 28.3 Å². The van der Waals surface area contributed by atoms with Gasteiger partial charge < -0.3 is 19.5 Å². The van der Waals surface area contributed by atoms with Crippen LogP contribution in [0.4, 0.5) is 0 Å². The Morgan fingerprint density at radius 2 is 1.76 bits per heavy atom. The van der Waals surface area contributed by atoms with Gasteiger partial charge in [0.2, 0.25) is 0 Å². The van der Waals surface area contributed by atoms with Crippen molar-refractivity contribution in [2.75, 3.05) is 46.5 Å². The molecule has 33 heavy (non-hydrogen) atoms. The van der Waals surface area contributed by atoms with Gasteiger partial charge in [-0.15, -0.1) is 0 Å². The van der Waals surface area contributed by atoms with Crippen molar-refractivity contribution in [1.29, 1.82) is 0 Å². The van der Waals surface area contributed by atoms with Gasteiger partial charge in [-0.2, -0.15) is 0 Å². The number of benzene rings is 2. The maximum atomic E-state index is 13.2. The third kappa shape index (κ3) is 4.65. The molecule has 0 aromatic heterocycles. The van der Waals surface area contributed by atoms with Crippen molar-refractivity contribution in [1.82, 2.24) is 9.80 Å². The largest absolute Gasteiger partial charge is 0.507 e. The summed E-state index contributed by atoms with van der Waals surface area (Å²) >= 11 is 0. The highest BCUT2D eigenvalue weighted by Crippen LogP contribution is 2.39. The quantitative estimate of drug-likeness (QED) is 0.414. The van der Waals surface area contributed by atoms with E-state index >= 15 is 0 Å². The van der Waals surface area contributed by atoms with Crippen LogP contribution < -0.4 is 4.74 Å². The van der Waals surface area contributed by atoms with Gasteiger partial charge in [0.15, 0.2) is 0 Å². The van der Waals surface area contributed by atoms with Crippen molar-refractivity contribution in [2.45, 2.75) is 19.9 Å². The first-order valence-corrected chi connectivity index (χ1v) is 11.2. The van der Waals surface area contributed by atoms with Crippen LogP contribution in [0.2, 0.25) is 0 Å². The first kappa shape index (κ1) is 23.0. The minimum atomic E-state index is -0.659. The minimum absolute atomic E-state index is 0.121. The summed E-state index contributed by atoms with van der Waals surface area (Å²) in [6, 6.07) is 12.3. The number of carbonyl (C=O) groups is 2. The van der Waals surface area contributed by atoms with Gasteiger partial charge in [-0.1, -0.05) is 29.8 Å². The van der Waals surface area contributed by atoms with Crippen LogP contribution in [-0.4, -0.2) is 73.1 Å². The number of aliphatic hydroxyl groups is 1. The van der Waals surface area contributed by atoms with Gasteiger partial charge in [-0.3, -0.25) is 14.5 Å². The number of methoxy groups -OCH3 is 1. The molecule has 1 amide bonds. The van der Waals surface area contributed by atoms with E-state index in [2.05, 4.69) is 4.90 Å². The summed E-state index contributed by atoms with van der Waals surface area (Å²) in [7, 11) is 1.58. The highest BCUT2D eigenvalue weighted by molar-refractivity contribution is 6.46. The summed E-state index contributed by atoms with van der Waals surface area (Å²) in [6.07, 6.45) is 0. The number of likely N-dealkylation sites (tertiary alicyclic amines) is 1. The van der Waals surface area contributed by atoms with Crippen LogP contribution >= 0.6 is 0 Å². The Morgan fingerprint density at radius 1 is 1.06 bits per heavy atom. The molecular formula is C26H30N2O5. The first-order valence-electron chi connectivity index (χ1n) is 11.2. The molecule has 7 nitrogen and oxygen atoms in total. The van der Waals surface area contributed by atoms with Crippen LogP contribution in [0.25, 0.3) is 5.76 Å². The Hall–Kier alpha value is -3.16. The molecule has 174 valence electrons.